The Kier molecular flexibility index (Phi) is 6.38. The Hall–Kier alpha value is -3.52. The first-order chi connectivity index (χ1) is 17.4. The summed E-state index contributed by atoms with van der Waals surface area (Å²) in [6, 6.07) is 22.6. The number of carbonyl (C=O) groups excluding carboxylic acids is 1. The van der Waals surface area contributed by atoms with Crippen LogP contribution >= 0.6 is 0 Å². The molecule has 1 amide bonds. The molecule has 3 aromatic rings. The number of benzene rings is 3. The number of anilines is 1. The van der Waals surface area contributed by atoms with Crippen molar-refractivity contribution in [3.63, 3.8) is 0 Å². The molecule has 2 atom stereocenters. The number of nitrogens with zero attached hydrogens (tertiary/aromatic N) is 1. The molecule has 0 bridgehead atoms. The van der Waals surface area contributed by atoms with Gasteiger partial charge in [-0.25, -0.2) is 8.42 Å². The first-order valence-electron chi connectivity index (χ1n) is 12.3. The van der Waals surface area contributed by atoms with Crippen LogP contribution in [0.15, 0.2) is 83.8 Å². The molecule has 2 heterocycles. The lowest BCUT2D eigenvalue weighted by Crippen LogP contribution is -2.52. The molecule has 188 valence electrons. The topological polar surface area (TPSA) is 84.9 Å². The molecule has 1 N–H and O–H groups in total. The second-order valence-corrected chi connectivity index (χ2v) is 11.1. The summed E-state index contributed by atoms with van der Waals surface area (Å²) in [5, 5.41) is 3.15. The average Bonchev–Trinajstić information content (AvgIpc) is 2.92. The zero-order chi connectivity index (χ0) is 25.3. The quantitative estimate of drug-likeness (QED) is 0.517. The molecule has 0 fully saturated rings. The van der Waals surface area contributed by atoms with Gasteiger partial charge in [0.25, 0.3) is 15.9 Å². The molecule has 0 aromatic heterocycles. The molecule has 5 rings (SSSR count). The fourth-order valence-corrected chi connectivity index (χ4v) is 6.48. The highest BCUT2D eigenvalue weighted by atomic mass is 32.2. The molecule has 0 unspecified atom stereocenters. The van der Waals surface area contributed by atoms with E-state index in [0.29, 0.717) is 17.9 Å². The number of nitrogens with one attached hydrogen (secondary N) is 1. The van der Waals surface area contributed by atoms with Crippen LogP contribution in [0.2, 0.25) is 0 Å². The molecule has 3 aromatic carbocycles. The third-order valence-electron chi connectivity index (χ3n) is 7.16. The summed E-state index contributed by atoms with van der Waals surface area (Å²) in [7, 11) is -3.90. The molecule has 0 saturated heterocycles. The minimum atomic E-state index is -3.90. The van der Waals surface area contributed by atoms with Crippen LogP contribution in [-0.2, 0) is 14.8 Å². The smallest absolute Gasteiger partial charge is 0.264 e. The van der Waals surface area contributed by atoms with Crippen molar-refractivity contribution in [2.75, 3.05) is 10.8 Å². The summed E-state index contributed by atoms with van der Waals surface area (Å²) in [4.78, 5) is 13.7. The predicted molar refractivity (Wildman–Crippen MR) is 138 cm³/mol. The number of ether oxygens (including phenoxy) is 2. The summed E-state index contributed by atoms with van der Waals surface area (Å²) in [5.74, 6) is 0.758. The van der Waals surface area contributed by atoms with E-state index in [2.05, 4.69) is 19.2 Å². The third kappa shape index (κ3) is 4.30. The number of hydrogen-bond acceptors (Lipinski definition) is 5. The van der Waals surface area contributed by atoms with Crippen molar-refractivity contribution in [3.8, 4) is 11.5 Å². The average molecular weight is 507 g/mol. The lowest BCUT2D eigenvalue weighted by Gasteiger charge is -2.42. The van der Waals surface area contributed by atoms with Crippen LogP contribution in [0, 0.1) is 0 Å². The lowest BCUT2D eigenvalue weighted by atomic mass is 9.83. The Balaban J connectivity index is 1.45. The fourth-order valence-electron chi connectivity index (χ4n) is 4.98. The fraction of sp³-hybridized carbons (Fsp3) is 0.321. The van der Waals surface area contributed by atoms with Crippen LogP contribution in [-0.4, -0.2) is 32.6 Å². The van der Waals surface area contributed by atoms with E-state index in [-0.39, 0.29) is 29.0 Å². The van der Waals surface area contributed by atoms with E-state index in [1.54, 1.807) is 54.6 Å². The van der Waals surface area contributed by atoms with Gasteiger partial charge >= 0.3 is 0 Å². The highest BCUT2D eigenvalue weighted by molar-refractivity contribution is 7.92. The summed E-state index contributed by atoms with van der Waals surface area (Å²) < 4.78 is 40.8. The SMILES string of the molecule is CCC1(CC)C[C@@H](NC(=O)[C@@H]2CN(S(=O)(=O)c3ccccc3)c3ccccc3O2)c2ccccc2O1. The van der Waals surface area contributed by atoms with Crippen molar-refractivity contribution in [2.45, 2.75) is 55.8 Å². The molecule has 7 nitrogen and oxygen atoms in total. The standard InChI is InChI=1S/C28H30N2O5S/c1-3-28(4-2)18-22(21-14-8-10-16-24(21)35-28)29-27(31)26-19-30(23-15-9-11-17-25(23)34-26)36(32,33)20-12-6-5-7-13-20/h5-17,22,26H,3-4,18-19H2,1-2H3,(H,29,31)/t22-,26+/m1/s1. The normalized spacial score (nSPS) is 20.3. The molecule has 0 saturated carbocycles. The maximum absolute atomic E-state index is 13.6. The minimum Gasteiger partial charge on any atom is -0.487 e. The van der Waals surface area contributed by atoms with Gasteiger partial charge in [0.1, 0.15) is 17.1 Å². The molecule has 2 aliphatic heterocycles. The molecular formula is C28H30N2O5S. The van der Waals surface area contributed by atoms with Crippen LogP contribution in [0.1, 0.15) is 44.7 Å². The molecule has 36 heavy (non-hydrogen) atoms. The highest BCUT2D eigenvalue weighted by Crippen LogP contribution is 2.43. The number of rotatable bonds is 6. The van der Waals surface area contributed by atoms with Crippen LogP contribution in [0.25, 0.3) is 0 Å². The van der Waals surface area contributed by atoms with Gasteiger partial charge < -0.3 is 14.8 Å². The first kappa shape index (κ1) is 24.2. The largest absolute Gasteiger partial charge is 0.487 e. The van der Waals surface area contributed by atoms with Crippen molar-refractivity contribution in [3.05, 3.63) is 84.4 Å². The number of fused-ring (bicyclic) bond motifs is 2. The van der Waals surface area contributed by atoms with Crippen molar-refractivity contribution < 1.29 is 22.7 Å². The molecular weight excluding hydrogens is 476 g/mol. The van der Waals surface area contributed by atoms with Crippen molar-refractivity contribution in [1.82, 2.24) is 5.32 Å². The molecule has 0 aliphatic carbocycles. The molecule has 0 radical (unpaired) electrons. The second-order valence-electron chi connectivity index (χ2n) is 9.22. The van der Waals surface area contributed by atoms with E-state index in [9.17, 15) is 13.2 Å². The zero-order valence-electron chi connectivity index (χ0n) is 20.4. The summed E-state index contributed by atoms with van der Waals surface area (Å²) >= 11 is 0. The summed E-state index contributed by atoms with van der Waals surface area (Å²) in [6.07, 6.45) is 1.23. The number of sulfonamides is 1. The summed E-state index contributed by atoms with van der Waals surface area (Å²) in [5.41, 5.74) is 0.945. The first-order valence-corrected chi connectivity index (χ1v) is 13.7. The van der Waals surface area contributed by atoms with Gasteiger partial charge in [0, 0.05) is 12.0 Å². The maximum atomic E-state index is 13.6. The van der Waals surface area contributed by atoms with Gasteiger partial charge in [0.05, 0.1) is 23.2 Å². The summed E-state index contributed by atoms with van der Waals surface area (Å²) in [6.45, 7) is 4.05. The van der Waals surface area contributed by atoms with Gasteiger partial charge in [-0.1, -0.05) is 62.4 Å². The number of amides is 1. The molecule has 2 aliphatic rings. The van der Waals surface area contributed by atoms with Gasteiger partial charge in [0.2, 0.25) is 0 Å². The van der Waals surface area contributed by atoms with Crippen molar-refractivity contribution >= 4 is 21.6 Å². The lowest BCUT2D eigenvalue weighted by molar-refractivity contribution is -0.129. The van der Waals surface area contributed by atoms with Gasteiger partial charge in [-0.15, -0.1) is 0 Å². The maximum Gasteiger partial charge on any atom is 0.264 e. The molecule has 8 heteroatoms. The van der Waals surface area contributed by atoms with Gasteiger partial charge in [-0.3, -0.25) is 9.10 Å². The van der Waals surface area contributed by atoms with Crippen LogP contribution in [0.4, 0.5) is 5.69 Å². The molecule has 0 spiro atoms. The zero-order valence-corrected chi connectivity index (χ0v) is 21.2. The third-order valence-corrected chi connectivity index (χ3v) is 8.95. The highest BCUT2D eigenvalue weighted by Gasteiger charge is 2.42. The van der Waals surface area contributed by atoms with Crippen molar-refractivity contribution in [2.24, 2.45) is 0 Å². The van der Waals surface area contributed by atoms with Gasteiger partial charge in [0.15, 0.2) is 6.10 Å². The Morgan fingerprint density at radius 2 is 1.58 bits per heavy atom. The van der Waals surface area contributed by atoms with E-state index < -0.39 is 16.1 Å². The van der Waals surface area contributed by atoms with Crippen LogP contribution < -0.4 is 19.1 Å². The van der Waals surface area contributed by atoms with E-state index in [1.165, 1.54) is 4.31 Å². The van der Waals surface area contributed by atoms with E-state index in [4.69, 9.17) is 9.47 Å². The Morgan fingerprint density at radius 3 is 2.31 bits per heavy atom. The van der Waals surface area contributed by atoms with Crippen LogP contribution in [0.5, 0.6) is 11.5 Å². The Bertz CT molecular complexity index is 1360. The van der Waals surface area contributed by atoms with E-state index >= 15 is 0 Å². The minimum absolute atomic E-state index is 0.127. The number of carbonyl (C=O) groups is 1. The monoisotopic (exact) mass is 506 g/mol. The number of hydrogen-bond donors (Lipinski definition) is 1. The van der Waals surface area contributed by atoms with E-state index in [1.807, 2.05) is 24.3 Å². The predicted octanol–water partition coefficient (Wildman–Crippen LogP) is 4.84. The van der Waals surface area contributed by atoms with Crippen molar-refractivity contribution in [1.29, 1.82) is 0 Å². The van der Waals surface area contributed by atoms with Gasteiger partial charge in [-0.05, 0) is 43.2 Å². The Morgan fingerprint density at radius 1 is 0.944 bits per heavy atom. The second kappa shape index (κ2) is 9.50. The van der Waals surface area contributed by atoms with Crippen LogP contribution in [0.3, 0.4) is 0 Å². The van der Waals surface area contributed by atoms with E-state index in [0.717, 1.165) is 24.2 Å². The Labute approximate surface area is 212 Å². The number of para-hydroxylation sites is 3. The van der Waals surface area contributed by atoms with Gasteiger partial charge in [-0.2, -0.15) is 0 Å².